The topological polar surface area (TPSA) is 64.3 Å². The maximum absolute atomic E-state index is 12.6. The maximum atomic E-state index is 12.6. The molecule has 1 fully saturated rings. The van der Waals surface area contributed by atoms with E-state index >= 15 is 0 Å². The van der Waals surface area contributed by atoms with Gasteiger partial charge in [0, 0.05) is 16.7 Å². The van der Waals surface area contributed by atoms with Crippen molar-refractivity contribution in [3.8, 4) is 0 Å². The molecule has 2 heterocycles. The Labute approximate surface area is 128 Å². The van der Waals surface area contributed by atoms with E-state index in [-0.39, 0.29) is 11.4 Å². The number of ether oxygens (including phenoxy) is 1. The molecule has 21 heavy (non-hydrogen) atoms. The van der Waals surface area contributed by atoms with Gasteiger partial charge < -0.3 is 15.8 Å². The fourth-order valence-corrected chi connectivity index (χ4v) is 3.76. The van der Waals surface area contributed by atoms with Crippen molar-refractivity contribution in [2.24, 2.45) is 0 Å². The summed E-state index contributed by atoms with van der Waals surface area (Å²) in [6, 6.07) is 6.09. The number of fused-ring (bicyclic) bond motifs is 1. The van der Waals surface area contributed by atoms with E-state index in [4.69, 9.17) is 10.5 Å². The molecule has 112 valence electrons. The van der Waals surface area contributed by atoms with Crippen molar-refractivity contribution in [1.29, 1.82) is 0 Å². The first-order chi connectivity index (χ1) is 9.98. The Kier molecular flexibility index (Phi) is 3.63. The number of nitrogen functional groups attached to an aromatic ring is 1. The molecule has 3 N–H and O–H groups in total. The summed E-state index contributed by atoms with van der Waals surface area (Å²) in [6.45, 7) is 5.38. The predicted octanol–water partition coefficient (Wildman–Crippen LogP) is 3.09. The van der Waals surface area contributed by atoms with E-state index < -0.39 is 0 Å². The second-order valence-corrected chi connectivity index (χ2v) is 7.07. The van der Waals surface area contributed by atoms with Gasteiger partial charge in [-0.1, -0.05) is 11.6 Å². The van der Waals surface area contributed by atoms with Gasteiger partial charge in [0.2, 0.25) is 0 Å². The molecule has 5 heteroatoms. The number of carbonyl (C=O) groups is 1. The highest BCUT2D eigenvalue weighted by Gasteiger charge is 2.31. The summed E-state index contributed by atoms with van der Waals surface area (Å²) >= 11 is 1.45. The quantitative estimate of drug-likeness (QED) is 0.896. The molecule has 4 nitrogen and oxygen atoms in total. The van der Waals surface area contributed by atoms with Crippen LogP contribution in [-0.4, -0.2) is 24.7 Å². The minimum Gasteiger partial charge on any atom is -0.397 e. The zero-order valence-electron chi connectivity index (χ0n) is 12.4. The first-order valence-electron chi connectivity index (χ1n) is 7.17. The van der Waals surface area contributed by atoms with Gasteiger partial charge in [0.05, 0.1) is 17.8 Å². The largest absolute Gasteiger partial charge is 0.397 e. The lowest BCUT2D eigenvalue weighted by molar-refractivity contribution is 0.0274. The summed E-state index contributed by atoms with van der Waals surface area (Å²) < 4.78 is 6.53. The Morgan fingerprint density at radius 2 is 2.29 bits per heavy atom. The molecule has 0 saturated carbocycles. The number of aryl methyl sites for hydroxylation is 1. The number of benzene rings is 1. The summed E-state index contributed by atoms with van der Waals surface area (Å²) in [6.07, 6.45) is 1.90. The Morgan fingerprint density at radius 1 is 1.48 bits per heavy atom. The van der Waals surface area contributed by atoms with E-state index in [1.807, 2.05) is 32.0 Å². The van der Waals surface area contributed by atoms with Crippen molar-refractivity contribution in [2.45, 2.75) is 32.2 Å². The fourth-order valence-electron chi connectivity index (χ4n) is 2.76. The number of hydrogen-bond donors (Lipinski definition) is 2. The third kappa shape index (κ3) is 2.76. The maximum Gasteiger partial charge on any atom is 0.264 e. The molecule has 1 amide bonds. The zero-order valence-corrected chi connectivity index (χ0v) is 13.2. The van der Waals surface area contributed by atoms with Gasteiger partial charge in [-0.2, -0.15) is 0 Å². The van der Waals surface area contributed by atoms with Crippen LogP contribution >= 0.6 is 11.3 Å². The predicted molar refractivity (Wildman–Crippen MR) is 86.9 cm³/mol. The second-order valence-electron chi connectivity index (χ2n) is 6.02. The Bertz CT molecular complexity index is 687. The molecule has 3 rings (SSSR count). The van der Waals surface area contributed by atoms with Crippen LogP contribution in [0, 0.1) is 6.92 Å². The number of amides is 1. The molecule has 1 aromatic heterocycles. The van der Waals surface area contributed by atoms with Crippen molar-refractivity contribution in [1.82, 2.24) is 5.32 Å². The zero-order chi connectivity index (χ0) is 15.0. The molecular formula is C16H20N2O2S. The molecular weight excluding hydrogens is 284 g/mol. The second kappa shape index (κ2) is 5.31. The van der Waals surface area contributed by atoms with Gasteiger partial charge in [-0.3, -0.25) is 4.79 Å². The molecule has 1 aliphatic rings. The van der Waals surface area contributed by atoms with Crippen LogP contribution in [0.25, 0.3) is 10.1 Å². The standard InChI is InChI=1S/C16H20N2O2S/c1-10-4-5-12-11(8-10)13(17)14(21-12)15(19)18-16(2)6-3-7-20-9-16/h4-5,8H,3,6-7,9,17H2,1-2H3,(H,18,19). The van der Waals surface area contributed by atoms with Crippen molar-refractivity contribution >= 4 is 33.0 Å². The molecule has 0 spiro atoms. The van der Waals surface area contributed by atoms with Gasteiger partial charge in [0.15, 0.2) is 0 Å². The SMILES string of the molecule is Cc1ccc2sc(C(=O)NC3(C)CCCOC3)c(N)c2c1. The van der Waals surface area contributed by atoms with Gasteiger partial charge in [-0.25, -0.2) is 0 Å². The van der Waals surface area contributed by atoms with Crippen LogP contribution in [0.1, 0.15) is 35.0 Å². The smallest absolute Gasteiger partial charge is 0.264 e. The summed E-state index contributed by atoms with van der Waals surface area (Å²) in [5, 5.41) is 4.06. The molecule has 0 radical (unpaired) electrons. The number of rotatable bonds is 2. The van der Waals surface area contributed by atoms with Crippen molar-refractivity contribution in [3.05, 3.63) is 28.6 Å². The molecule has 1 aliphatic heterocycles. The van der Waals surface area contributed by atoms with Gasteiger partial charge in [0.1, 0.15) is 4.88 Å². The Morgan fingerprint density at radius 3 is 3.00 bits per heavy atom. The van der Waals surface area contributed by atoms with Crippen molar-refractivity contribution in [2.75, 3.05) is 18.9 Å². The molecule has 1 aromatic carbocycles. The van der Waals surface area contributed by atoms with E-state index in [0.29, 0.717) is 17.2 Å². The first-order valence-corrected chi connectivity index (χ1v) is 7.99. The molecule has 1 saturated heterocycles. The summed E-state index contributed by atoms with van der Waals surface area (Å²) in [5.41, 5.74) is 7.60. The number of nitrogens with one attached hydrogen (secondary N) is 1. The van der Waals surface area contributed by atoms with Crippen molar-refractivity contribution in [3.63, 3.8) is 0 Å². The summed E-state index contributed by atoms with van der Waals surface area (Å²) in [5.74, 6) is -0.0978. The average Bonchev–Trinajstić information content (AvgIpc) is 2.76. The van der Waals surface area contributed by atoms with E-state index in [0.717, 1.165) is 35.1 Å². The van der Waals surface area contributed by atoms with Gasteiger partial charge >= 0.3 is 0 Å². The minimum absolute atomic E-state index is 0.0978. The number of hydrogen-bond acceptors (Lipinski definition) is 4. The van der Waals surface area contributed by atoms with Crippen LogP contribution < -0.4 is 11.1 Å². The third-order valence-electron chi connectivity index (χ3n) is 3.94. The van der Waals surface area contributed by atoms with E-state index in [2.05, 4.69) is 5.32 Å². The van der Waals surface area contributed by atoms with Gasteiger partial charge in [0.25, 0.3) is 5.91 Å². The molecule has 0 aliphatic carbocycles. The van der Waals surface area contributed by atoms with Gasteiger partial charge in [-0.05, 0) is 38.8 Å². The third-order valence-corrected chi connectivity index (χ3v) is 5.13. The molecule has 0 bridgehead atoms. The number of carbonyl (C=O) groups excluding carboxylic acids is 1. The highest BCUT2D eigenvalue weighted by Crippen LogP contribution is 2.34. The van der Waals surface area contributed by atoms with Crippen LogP contribution in [0.15, 0.2) is 18.2 Å². The first kappa shape index (κ1) is 14.4. The van der Waals surface area contributed by atoms with Crippen LogP contribution in [0.3, 0.4) is 0 Å². The highest BCUT2D eigenvalue weighted by atomic mass is 32.1. The molecule has 1 unspecified atom stereocenters. The number of nitrogens with two attached hydrogens (primary N) is 1. The molecule has 2 aromatic rings. The number of anilines is 1. The Balaban J connectivity index is 1.89. The normalized spacial score (nSPS) is 22.4. The highest BCUT2D eigenvalue weighted by molar-refractivity contribution is 7.21. The van der Waals surface area contributed by atoms with Crippen LogP contribution in [-0.2, 0) is 4.74 Å². The Hall–Kier alpha value is -1.59. The fraction of sp³-hybridized carbons (Fsp3) is 0.438. The van der Waals surface area contributed by atoms with Gasteiger partial charge in [-0.15, -0.1) is 11.3 Å². The minimum atomic E-state index is -0.298. The molecule has 1 atom stereocenters. The van der Waals surface area contributed by atoms with Crippen LogP contribution in [0.5, 0.6) is 0 Å². The summed E-state index contributed by atoms with van der Waals surface area (Å²) in [4.78, 5) is 13.2. The van der Waals surface area contributed by atoms with E-state index in [9.17, 15) is 4.79 Å². The van der Waals surface area contributed by atoms with Crippen molar-refractivity contribution < 1.29 is 9.53 Å². The average molecular weight is 304 g/mol. The lowest BCUT2D eigenvalue weighted by Gasteiger charge is -2.34. The monoisotopic (exact) mass is 304 g/mol. The van der Waals surface area contributed by atoms with Crippen LogP contribution in [0.4, 0.5) is 5.69 Å². The number of thiophene rings is 1. The van der Waals surface area contributed by atoms with E-state index in [1.54, 1.807) is 0 Å². The van der Waals surface area contributed by atoms with E-state index in [1.165, 1.54) is 11.3 Å². The lowest BCUT2D eigenvalue weighted by Crippen LogP contribution is -2.51. The summed E-state index contributed by atoms with van der Waals surface area (Å²) in [7, 11) is 0. The van der Waals surface area contributed by atoms with Crippen LogP contribution in [0.2, 0.25) is 0 Å². The lowest BCUT2D eigenvalue weighted by atomic mass is 9.95.